The van der Waals surface area contributed by atoms with E-state index < -0.39 is 10.0 Å². The number of benzene rings is 5. The number of halogens is 1. The van der Waals surface area contributed by atoms with Crippen LogP contribution in [0.15, 0.2) is 112 Å². The van der Waals surface area contributed by atoms with Crippen LogP contribution in [-0.4, -0.2) is 18.1 Å². The van der Waals surface area contributed by atoms with Gasteiger partial charge in [0, 0.05) is 33.4 Å². The summed E-state index contributed by atoms with van der Waals surface area (Å²) in [5.74, 6) is 0. The van der Waals surface area contributed by atoms with E-state index in [-0.39, 0.29) is 4.90 Å². The van der Waals surface area contributed by atoms with E-state index in [1.807, 2.05) is 43.3 Å². The highest BCUT2D eigenvalue weighted by molar-refractivity contribution is 9.10. The summed E-state index contributed by atoms with van der Waals surface area (Å²) in [5.41, 5.74) is 5.50. The van der Waals surface area contributed by atoms with E-state index in [9.17, 15) is 8.42 Å². The zero-order chi connectivity index (χ0) is 25.3. The van der Waals surface area contributed by atoms with Gasteiger partial charge in [0.2, 0.25) is 0 Å². The van der Waals surface area contributed by atoms with E-state index in [0.29, 0.717) is 11.9 Å². The Morgan fingerprint density at radius 1 is 0.784 bits per heavy atom. The molecule has 0 N–H and O–H groups in total. The smallest absolute Gasteiger partial charge is 0.251 e. The Labute approximate surface area is 223 Å². The molecule has 5 aromatic carbocycles. The van der Waals surface area contributed by atoms with Gasteiger partial charge >= 0.3 is 0 Å². The average Bonchev–Trinajstić information content (AvgIpc) is 3.52. The molecule has 37 heavy (non-hydrogen) atoms. The molecular weight excluding hydrogens is 544 g/mol. The van der Waals surface area contributed by atoms with Gasteiger partial charge in [-0.3, -0.25) is 4.99 Å². The molecule has 2 heterocycles. The molecule has 4 nitrogen and oxygen atoms in total. The minimum atomic E-state index is -3.79. The number of aryl methyl sites for hydroxylation is 1. The number of hydrogen-bond acceptors (Lipinski definition) is 3. The maximum atomic E-state index is 13.8. The normalized spacial score (nSPS) is 13.4. The lowest BCUT2D eigenvalue weighted by molar-refractivity contribution is 0.589. The fourth-order valence-corrected chi connectivity index (χ4v) is 7.16. The van der Waals surface area contributed by atoms with Crippen LogP contribution in [0.5, 0.6) is 0 Å². The second-order valence-corrected chi connectivity index (χ2v) is 12.2. The van der Waals surface area contributed by atoms with Crippen LogP contribution in [0, 0.1) is 6.92 Å². The third-order valence-corrected chi connectivity index (χ3v) is 9.40. The van der Waals surface area contributed by atoms with Crippen LogP contribution in [0.25, 0.3) is 32.4 Å². The molecule has 1 aliphatic rings. The van der Waals surface area contributed by atoms with Crippen LogP contribution in [0.2, 0.25) is 0 Å². The largest absolute Gasteiger partial charge is 0.268 e. The number of rotatable bonds is 3. The zero-order valence-electron chi connectivity index (χ0n) is 19.9. The van der Waals surface area contributed by atoms with Gasteiger partial charge in [0.05, 0.1) is 21.8 Å². The van der Waals surface area contributed by atoms with E-state index >= 15 is 0 Å². The van der Waals surface area contributed by atoms with Crippen molar-refractivity contribution in [3.8, 4) is 0 Å². The number of hydrogen-bond donors (Lipinski definition) is 0. The Morgan fingerprint density at radius 3 is 2.16 bits per heavy atom. The first kappa shape index (κ1) is 22.5. The van der Waals surface area contributed by atoms with Crippen molar-refractivity contribution >= 4 is 69.8 Å². The quantitative estimate of drug-likeness (QED) is 0.205. The summed E-state index contributed by atoms with van der Waals surface area (Å²) in [5, 5.41) is 5.54. The van der Waals surface area contributed by atoms with Crippen LogP contribution in [0.4, 0.5) is 5.69 Å². The molecule has 0 spiro atoms. The fraction of sp³-hybridized carbons (Fsp3) is 0.0645. The number of aromatic nitrogens is 1. The van der Waals surface area contributed by atoms with Crippen molar-refractivity contribution in [3.05, 3.63) is 118 Å². The summed E-state index contributed by atoms with van der Waals surface area (Å²) >= 11 is 3.58. The summed E-state index contributed by atoms with van der Waals surface area (Å²) in [6.45, 7) is 1.94. The molecule has 0 radical (unpaired) electrons. The zero-order valence-corrected chi connectivity index (χ0v) is 22.3. The highest BCUT2D eigenvalue weighted by Gasteiger charge is 2.27. The van der Waals surface area contributed by atoms with Gasteiger partial charge in [0.25, 0.3) is 10.0 Å². The first-order valence-electron chi connectivity index (χ1n) is 12.0. The average molecular weight is 565 g/mol. The third kappa shape index (κ3) is 3.40. The molecule has 0 saturated carbocycles. The van der Waals surface area contributed by atoms with Crippen LogP contribution in [-0.2, 0) is 16.4 Å². The van der Waals surface area contributed by atoms with Crippen molar-refractivity contribution in [2.45, 2.75) is 18.2 Å². The summed E-state index contributed by atoms with van der Waals surface area (Å²) in [7, 11) is -3.79. The molecule has 0 atom stereocenters. The van der Waals surface area contributed by atoms with Gasteiger partial charge in [-0.1, -0.05) is 82.2 Å². The first-order chi connectivity index (χ1) is 17.9. The SMILES string of the molecule is Cc1ccc(S(=O)(=O)n2cc(C3=Nc4c(c5ccccc5c5ccccc45)C3)c3cc(Br)ccc32)cc1. The highest BCUT2D eigenvalue weighted by Crippen LogP contribution is 2.43. The lowest BCUT2D eigenvalue weighted by Gasteiger charge is -2.09. The summed E-state index contributed by atoms with van der Waals surface area (Å²) in [6.07, 6.45) is 2.37. The van der Waals surface area contributed by atoms with Crippen molar-refractivity contribution in [2.24, 2.45) is 4.99 Å². The number of aliphatic imine (C=N–C) groups is 1. The Morgan fingerprint density at radius 2 is 1.43 bits per heavy atom. The lowest BCUT2D eigenvalue weighted by atomic mass is 9.93. The van der Waals surface area contributed by atoms with Crippen molar-refractivity contribution in [2.75, 3.05) is 0 Å². The molecule has 0 amide bonds. The predicted molar refractivity (Wildman–Crippen MR) is 155 cm³/mol. The van der Waals surface area contributed by atoms with E-state index in [2.05, 4.69) is 58.4 Å². The molecule has 0 bridgehead atoms. The Kier molecular flexibility index (Phi) is 4.94. The van der Waals surface area contributed by atoms with Gasteiger partial charge in [-0.05, 0) is 59.0 Å². The standard InChI is InChI=1S/C31H21BrN2O2S/c1-19-10-13-21(14-11-19)37(35,36)34-18-28(26-16-20(32)12-15-30(26)34)29-17-27-24-8-3-2-6-22(24)23-7-4-5-9-25(23)31(27)33-29/h2-16,18H,17H2,1H3. The minimum Gasteiger partial charge on any atom is -0.251 e. The molecule has 7 rings (SSSR count). The van der Waals surface area contributed by atoms with Crippen molar-refractivity contribution in [1.82, 2.24) is 3.97 Å². The van der Waals surface area contributed by atoms with Crippen molar-refractivity contribution in [3.63, 3.8) is 0 Å². The molecule has 6 heteroatoms. The van der Waals surface area contributed by atoms with Crippen LogP contribution < -0.4 is 0 Å². The number of fused-ring (bicyclic) bond motifs is 7. The van der Waals surface area contributed by atoms with Crippen molar-refractivity contribution in [1.29, 1.82) is 0 Å². The van der Waals surface area contributed by atoms with Gasteiger partial charge in [-0.25, -0.2) is 12.4 Å². The Hall–Kier alpha value is -3.74. The number of nitrogens with zero attached hydrogens (tertiary/aromatic N) is 2. The van der Waals surface area contributed by atoms with Gasteiger partial charge in [0.15, 0.2) is 0 Å². The second-order valence-electron chi connectivity index (χ2n) is 9.47. The first-order valence-corrected chi connectivity index (χ1v) is 14.3. The Balaban J connectivity index is 1.47. The maximum Gasteiger partial charge on any atom is 0.268 e. The van der Waals surface area contributed by atoms with Crippen LogP contribution in [0.1, 0.15) is 16.7 Å². The minimum absolute atomic E-state index is 0.262. The third-order valence-electron chi connectivity index (χ3n) is 7.22. The lowest BCUT2D eigenvalue weighted by Crippen LogP contribution is -2.12. The highest BCUT2D eigenvalue weighted by atomic mass is 79.9. The van der Waals surface area contributed by atoms with Crippen LogP contribution >= 0.6 is 15.9 Å². The second kappa shape index (κ2) is 8.13. The van der Waals surface area contributed by atoms with Gasteiger partial charge < -0.3 is 0 Å². The predicted octanol–water partition coefficient (Wildman–Crippen LogP) is 7.93. The van der Waals surface area contributed by atoms with E-state index in [4.69, 9.17) is 4.99 Å². The van der Waals surface area contributed by atoms with E-state index in [0.717, 1.165) is 37.8 Å². The van der Waals surface area contributed by atoms with Gasteiger partial charge in [-0.2, -0.15) is 0 Å². The van der Waals surface area contributed by atoms with E-state index in [1.165, 1.54) is 25.7 Å². The molecular formula is C31H21BrN2O2S. The molecule has 1 aromatic heterocycles. The summed E-state index contributed by atoms with van der Waals surface area (Å²) in [4.78, 5) is 5.41. The Bertz CT molecular complexity index is 2040. The molecule has 0 unspecified atom stereocenters. The molecule has 0 aliphatic carbocycles. The fourth-order valence-electron chi connectivity index (χ4n) is 5.42. The summed E-state index contributed by atoms with van der Waals surface area (Å²) < 4.78 is 29.8. The van der Waals surface area contributed by atoms with Crippen LogP contribution in [0.3, 0.4) is 0 Å². The molecule has 6 aromatic rings. The van der Waals surface area contributed by atoms with E-state index in [1.54, 1.807) is 18.3 Å². The topological polar surface area (TPSA) is 51.4 Å². The molecule has 1 aliphatic heterocycles. The monoisotopic (exact) mass is 564 g/mol. The maximum absolute atomic E-state index is 13.8. The summed E-state index contributed by atoms with van der Waals surface area (Å²) in [6, 6.07) is 29.5. The molecule has 180 valence electrons. The van der Waals surface area contributed by atoms with Gasteiger partial charge in [0.1, 0.15) is 0 Å². The van der Waals surface area contributed by atoms with Gasteiger partial charge in [-0.15, -0.1) is 0 Å². The van der Waals surface area contributed by atoms with Crippen molar-refractivity contribution < 1.29 is 8.42 Å². The molecule has 0 saturated heterocycles. The molecule has 0 fully saturated rings.